The van der Waals surface area contributed by atoms with Crippen LogP contribution in [0.5, 0.6) is 0 Å². The van der Waals surface area contributed by atoms with Crippen molar-refractivity contribution in [2.24, 2.45) is 4.99 Å². The molecule has 140 valence electrons. The first kappa shape index (κ1) is 23.6. The Morgan fingerprint density at radius 1 is 1.36 bits per heavy atom. The van der Waals surface area contributed by atoms with Crippen molar-refractivity contribution in [3.05, 3.63) is 35.1 Å². The van der Waals surface area contributed by atoms with Crippen molar-refractivity contribution in [3.8, 4) is 6.07 Å². The third-order valence-electron chi connectivity index (χ3n) is 3.52. The van der Waals surface area contributed by atoms with E-state index >= 15 is 0 Å². The number of nitrogens with zero attached hydrogens (tertiary/aromatic N) is 3. The Bertz CT molecular complexity index is 577. The fourth-order valence-electron chi connectivity index (χ4n) is 2.14. The van der Waals surface area contributed by atoms with Crippen LogP contribution in [-0.4, -0.2) is 58.3 Å². The highest BCUT2D eigenvalue weighted by atomic mass is 127. The zero-order chi connectivity index (χ0) is 17.8. The lowest BCUT2D eigenvalue weighted by molar-refractivity contribution is 0.180. The molecule has 0 amide bonds. The van der Waals surface area contributed by atoms with E-state index in [1.165, 1.54) is 12.1 Å². The molecule has 0 heterocycles. The van der Waals surface area contributed by atoms with E-state index < -0.39 is 0 Å². The highest BCUT2D eigenvalue weighted by Crippen LogP contribution is 2.09. The predicted molar refractivity (Wildman–Crippen MR) is 109 cm³/mol. The number of hydrogen-bond acceptors (Lipinski definition) is 4. The van der Waals surface area contributed by atoms with Crippen LogP contribution in [0.2, 0.25) is 0 Å². The van der Waals surface area contributed by atoms with Crippen LogP contribution in [0.1, 0.15) is 17.5 Å². The van der Waals surface area contributed by atoms with Gasteiger partial charge in [-0.1, -0.05) is 0 Å². The summed E-state index contributed by atoms with van der Waals surface area (Å²) in [5.74, 6) is 0.261. The first-order valence-corrected chi connectivity index (χ1v) is 7.91. The molecule has 0 unspecified atom stereocenters. The van der Waals surface area contributed by atoms with Crippen molar-refractivity contribution in [1.82, 2.24) is 15.5 Å². The van der Waals surface area contributed by atoms with E-state index in [9.17, 15) is 4.39 Å². The standard InChI is InChI=1S/C17H26FN5O.HI/c1-20-17(21-7-9-23(2)8-4-10-24-3)22-13-15-11-14(12-19)5-6-16(15)18;/h5-6,11H,4,7-10,13H2,1-3H3,(H2,20,21,22);1H. The van der Waals surface area contributed by atoms with Crippen molar-refractivity contribution in [2.45, 2.75) is 13.0 Å². The maximum atomic E-state index is 13.7. The molecule has 1 aromatic carbocycles. The zero-order valence-corrected chi connectivity index (χ0v) is 17.3. The Morgan fingerprint density at radius 3 is 2.76 bits per heavy atom. The van der Waals surface area contributed by atoms with Gasteiger partial charge in [0.2, 0.25) is 0 Å². The maximum absolute atomic E-state index is 13.7. The minimum absolute atomic E-state index is 0. The Balaban J connectivity index is 0.00000576. The van der Waals surface area contributed by atoms with Crippen molar-refractivity contribution in [2.75, 3.05) is 47.4 Å². The molecule has 1 rings (SSSR count). The van der Waals surface area contributed by atoms with Crippen molar-refractivity contribution >= 4 is 29.9 Å². The molecule has 0 saturated heterocycles. The highest BCUT2D eigenvalue weighted by molar-refractivity contribution is 14.0. The molecule has 2 N–H and O–H groups in total. The lowest BCUT2D eigenvalue weighted by Crippen LogP contribution is -2.40. The van der Waals surface area contributed by atoms with Gasteiger partial charge >= 0.3 is 0 Å². The Morgan fingerprint density at radius 2 is 2.12 bits per heavy atom. The molecule has 0 spiro atoms. The summed E-state index contributed by atoms with van der Waals surface area (Å²) in [4.78, 5) is 6.32. The van der Waals surface area contributed by atoms with Gasteiger partial charge in [-0.15, -0.1) is 24.0 Å². The van der Waals surface area contributed by atoms with Gasteiger partial charge < -0.3 is 20.3 Å². The second-order valence-electron chi connectivity index (χ2n) is 5.42. The molecule has 0 saturated carbocycles. The molecule has 8 heteroatoms. The van der Waals surface area contributed by atoms with Gasteiger partial charge in [0.15, 0.2) is 5.96 Å². The van der Waals surface area contributed by atoms with Gasteiger partial charge in [-0.25, -0.2) is 4.39 Å². The van der Waals surface area contributed by atoms with Crippen LogP contribution in [0.15, 0.2) is 23.2 Å². The van der Waals surface area contributed by atoms with E-state index in [2.05, 4.69) is 27.6 Å². The zero-order valence-electron chi connectivity index (χ0n) is 15.0. The van der Waals surface area contributed by atoms with Gasteiger partial charge in [-0.2, -0.15) is 5.26 Å². The van der Waals surface area contributed by atoms with Crippen LogP contribution in [0, 0.1) is 17.1 Å². The number of nitriles is 1. The third-order valence-corrected chi connectivity index (χ3v) is 3.52. The van der Waals surface area contributed by atoms with Crippen molar-refractivity contribution in [1.29, 1.82) is 5.26 Å². The van der Waals surface area contributed by atoms with Crippen LogP contribution in [0.4, 0.5) is 4.39 Å². The maximum Gasteiger partial charge on any atom is 0.191 e. The number of benzene rings is 1. The number of rotatable bonds is 9. The largest absolute Gasteiger partial charge is 0.385 e. The number of aliphatic imine (C=N–C) groups is 1. The van der Waals surface area contributed by atoms with E-state index in [-0.39, 0.29) is 36.3 Å². The van der Waals surface area contributed by atoms with E-state index in [4.69, 9.17) is 10.00 Å². The van der Waals surface area contributed by atoms with Gasteiger partial charge in [0.25, 0.3) is 0 Å². The van der Waals surface area contributed by atoms with Gasteiger partial charge in [0, 0.05) is 52.5 Å². The molecule has 0 aromatic heterocycles. The molecular weight excluding hydrogens is 436 g/mol. The molecule has 0 radical (unpaired) electrons. The lowest BCUT2D eigenvalue weighted by Gasteiger charge is -2.18. The summed E-state index contributed by atoms with van der Waals surface area (Å²) in [6.45, 7) is 3.58. The van der Waals surface area contributed by atoms with E-state index in [0.717, 1.165) is 32.7 Å². The van der Waals surface area contributed by atoms with Crippen molar-refractivity contribution < 1.29 is 9.13 Å². The molecule has 0 fully saturated rings. The number of nitrogens with one attached hydrogen (secondary N) is 2. The molecular formula is C17H27FIN5O. The fourth-order valence-corrected chi connectivity index (χ4v) is 2.14. The summed E-state index contributed by atoms with van der Waals surface area (Å²) >= 11 is 0. The average molecular weight is 463 g/mol. The Kier molecular flexibility index (Phi) is 13.0. The van der Waals surface area contributed by atoms with Crippen LogP contribution in [0.25, 0.3) is 0 Å². The number of halogens is 2. The molecule has 0 aliphatic rings. The monoisotopic (exact) mass is 463 g/mol. The topological polar surface area (TPSA) is 72.7 Å². The van der Waals surface area contributed by atoms with E-state index in [1.807, 2.05) is 6.07 Å². The second-order valence-corrected chi connectivity index (χ2v) is 5.42. The first-order valence-electron chi connectivity index (χ1n) is 7.91. The molecule has 1 aromatic rings. The number of guanidine groups is 1. The van der Waals surface area contributed by atoms with Gasteiger partial charge in [-0.05, 0) is 31.7 Å². The molecule has 25 heavy (non-hydrogen) atoms. The molecule has 0 atom stereocenters. The number of methoxy groups -OCH3 is 1. The number of hydrogen-bond donors (Lipinski definition) is 2. The van der Waals surface area contributed by atoms with Crippen LogP contribution >= 0.6 is 24.0 Å². The van der Waals surface area contributed by atoms with Crippen LogP contribution in [-0.2, 0) is 11.3 Å². The number of likely N-dealkylation sites (N-methyl/N-ethyl adjacent to an activating group) is 1. The lowest BCUT2D eigenvalue weighted by atomic mass is 10.1. The molecule has 0 bridgehead atoms. The third kappa shape index (κ3) is 9.57. The van der Waals surface area contributed by atoms with Gasteiger partial charge in [0.05, 0.1) is 11.6 Å². The normalized spacial score (nSPS) is 11.0. The van der Waals surface area contributed by atoms with Crippen molar-refractivity contribution in [3.63, 3.8) is 0 Å². The summed E-state index contributed by atoms with van der Waals surface area (Å²) in [6.07, 6.45) is 0.995. The summed E-state index contributed by atoms with van der Waals surface area (Å²) < 4.78 is 18.8. The highest BCUT2D eigenvalue weighted by Gasteiger charge is 2.05. The smallest absolute Gasteiger partial charge is 0.191 e. The van der Waals surface area contributed by atoms with Gasteiger partial charge in [0.1, 0.15) is 5.82 Å². The van der Waals surface area contributed by atoms with Crippen LogP contribution < -0.4 is 10.6 Å². The average Bonchev–Trinajstić information content (AvgIpc) is 2.59. The molecule has 0 aliphatic heterocycles. The van der Waals surface area contributed by atoms with E-state index in [0.29, 0.717) is 17.1 Å². The first-order chi connectivity index (χ1) is 11.6. The van der Waals surface area contributed by atoms with Gasteiger partial charge in [-0.3, -0.25) is 4.99 Å². The summed E-state index contributed by atoms with van der Waals surface area (Å²) in [6, 6.07) is 6.32. The predicted octanol–water partition coefficient (Wildman–Crippen LogP) is 1.95. The van der Waals surface area contributed by atoms with E-state index in [1.54, 1.807) is 20.2 Å². The fraction of sp³-hybridized carbons (Fsp3) is 0.529. The minimum Gasteiger partial charge on any atom is -0.385 e. The summed E-state index contributed by atoms with van der Waals surface area (Å²) in [5, 5.41) is 15.1. The number of ether oxygens (including phenoxy) is 1. The Hall–Kier alpha value is -1.44. The summed E-state index contributed by atoms with van der Waals surface area (Å²) in [7, 11) is 5.42. The Labute approximate surface area is 166 Å². The minimum atomic E-state index is -0.338. The van der Waals surface area contributed by atoms with Crippen LogP contribution in [0.3, 0.4) is 0 Å². The summed E-state index contributed by atoms with van der Waals surface area (Å²) in [5.41, 5.74) is 0.877. The SMILES string of the molecule is CN=C(NCCN(C)CCCOC)NCc1cc(C#N)ccc1F.I. The molecule has 6 nitrogen and oxygen atoms in total. The second kappa shape index (κ2) is 13.8. The quantitative estimate of drug-likeness (QED) is 0.254. The molecule has 0 aliphatic carbocycles.